The Bertz CT molecular complexity index is 1590. The van der Waals surface area contributed by atoms with Gasteiger partial charge in [0, 0.05) is 30.1 Å². The molecule has 10 heteroatoms. The van der Waals surface area contributed by atoms with Crippen molar-refractivity contribution < 1.29 is 33.0 Å². The maximum absolute atomic E-state index is 13.7. The lowest BCUT2D eigenvalue weighted by Crippen LogP contribution is -2.22. The van der Waals surface area contributed by atoms with Gasteiger partial charge < -0.3 is 28.7 Å². The number of carbonyl (C=O) groups excluding carboxylic acids is 2. The molecule has 0 spiro atoms. The van der Waals surface area contributed by atoms with Gasteiger partial charge in [-0.05, 0) is 44.2 Å². The number of amides is 1. The van der Waals surface area contributed by atoms with Gasteiger partial charge in [-0.25, -0.2) is 4.99 Å². The van der Waals surface area contributed by atoms with Crippen LogP contribution in [0.4, 0.5) is 11.4 Å². The number of hydrogen-bond acceptors (Lipinski definition) is 9. The number of nitrogens with zero attached hydrogens (tertiary/aromatic N) is 2. The van der Waals surface area contributed by atoms with E-state index >= 15 is 0 Å². The van der Waals surface area contributed by atoms with Crippen LogP contribution in [0.25, 0.3) is 11.0 Å². The summed E-state index contributed by atoms with van der Waals surface area (Å²) >= 11 is 0. The Morgan fingerprint density at radius 2 is 1.85 bits per heavy atom. The number of methoxy groups -OCH3 is 2. The first-order valence-electron chi connectivity index (χ1n) is 12.2. The first-order chi connectivity index (χ1) is 18.8. The molecule has 0 atom stereocenters. The van der Waals surface area contributed by atoms with Gasteiger partial charge in [0.05, 0.1) is 32.2 Å². The number of ether oxygens (including phenoxy) is 4. The van der Waals surface area contributed by atoms with Crippen LogP contribution in [0.3, 0.4) is 0 Å². The summed E-state index contributed by atoms with van der Waals surface area (Å²) in [5.74, 6) is 0.592. The number of nitrogens with one attached hydrogen (secondary N) is 1. The molecule has 1 N–H and O–H groups in total. The van der Waals surface area contributed by atoms with Crippen molar-refractivity contribution in [2.75, 3.05) is 26.1 Å². The van der Waals surface area contributed by atoms with E-state index in [1.165, 1.54) is 14.0 Å². The summed E-state index contributed by atoms with van der Waals surface area (Å²) in [7, 11) is 3.04. The third-order valence-corrected chi connectivity index (χ3v) is 5.77. The molecule has 4 rings (SSSR count). The zero-order valence-corrected chi connectivity index (χ0v) is 22.4. The molecule has 2 aromatic carbocycles. The second-order valence-corrected chi connectivity index (χ2v) is 8.39. The maximum Gasteiger partial charge on any atom is 0.302 e. The zero-order chi connectivity index (χ0) is 27.9. The SMILES string of the molecule is CCOc1ccccc1N=c1oc2c(C)ncc(COC(C)=O)c2cc1C(=O)Nc1ccc(OC)cc1OC. The van der Waals surface area contributed by atoms with Crippen LogP contribution in [0, 0.1) is 6.92 Å². The fourth-order valence-corrected chi connectivity index (χ4v) is 3.86. The number of rotatable bonds is 9. The normalized spacial score (nSPS) is 11.3. The fourth-order valence-electron chi connectivity index (χ4n) is 3.86. The highest BCUT2D eigenvalue weighted by molar-refractivity contribution is 6.06. The molecule has 0 fully saturated rings. The summed E-state index contributed by atoms with van der Waals surface area (Å²) in [5.41, 5.74) is 2.67. The third kappa shape index (κ3) is 6.18. The summed E-state index contributed by atoms with van der Waals surface area (Å²) in [6.07, 6.45) is 1.59. The van der Waals surface area contributed by atoms with Crippen LogP contribution in [0.15, 0.2) is 64.1 Å². The summed E-state index contributed by atoms with van der Waals surface area (Å²) in [6.45, 7) is 5.38. The standard InChI is InChI=1S/C29H29N3O7/c1-6-37-25-10-8-7-9-23(25)32-29-22(28(34)31-24-12-11-20(35-4)13-26(24)36-5)14-21-19(16-38-18(3)33)15-30-17(2)27(21)39-29/h7-15H,6,16H2,1-5H3,(H,31,34). The molecule has 0 saturated heterocycles. The van der Waals surface area contributed by atoms with Crippen LogP contribution in [-0.4, -0.2) is 37.7 Å². The van der Waals surface area contributed by atoms with Gasteiger partial charge in [0.25, 0.3) is 5.91 Å². The van der Waals surface area contributed by atoms with Crippen molar-refractivity contribution in [2.45, 2.75) is 27.4 Å². The van der Waals surface area contributed by atoms with Crippen molar-refractivity contribution in [3.8, 4) is 17.2 Å². The molecule has 0 saturated carbocycles. The van der Waals surface area contributed by atoms with Crippen LogP contribution >= 0.6 is 0 Å². The fraction of sp³-hybridized carbons (Fsp3) is 0.241. The molecule has 10 nitrogen and oxygen atoms in total. The zero-order valence-electron chi connectivity index (χ0n) is 22.4. The second-order valence-electron chi connectivity index (χ2n) is 8.39. The molecule has 39 heavy (non-hydrogen) atoms. The largest absolute Gasteiger partial charge is 0.497 e. The van der Waals surface area contributed by atoms with E-state index in [0.29, 0.717) is 57.5 Å². The monoisotopic (exact) mass is 531 g/mol. The van der Waals surface area contributed by atoms with E-state index in [0.717, 1.165) is 0 Å². The third-order valence-electron chi connectivity index (χ3n) is 5.77. The number of anilines is 1. The summed E-state index contributed by atoms with van der Waals surface area (Å²) in [6, 6.07) is 13.9. The number of aryl methyl sites for hydroxylation is 1. The highest BCUT2D eigenvalue weighted by Gasteiger charge is 2.19. The molecule has 0 aliphatic carbocycles. The highest BCUT2D eigenvalue weighted by Crippen LogP contribution is 2.30. The molecule has 1 amide bonds. The number of aromatic nitrogens is 1. The van der Waals surface area contributed by atoms with E-state index < -0.39 is 11.9 Å². The minimum absolute atomic E-state index is 0.0361. The lowest BCUT2D eigenvalue weighted by molar-refractivity contribution is -0.142. The Morgan fingerprint density at radius 3 is 2.56 bits per heavy atom. The quantitative estimate of drug-likeness (QED) is 0.296. The summed E-state index contributed by atoms with van der Waals surface area (Å²) in [5, 5.41) is 3.43. The van der Waals surface area contributed by atoms with Gasteiger partial charge in [0.2, 0.25) is 5.55 Å². The Hall–Kier alpha value is -4.86. The molecular formula is C29H29N3O7. The highest BCUT2D eigenvalue weighted by atomic mass is 16.5. The van der Waals surface area contributed by atoms with Gasteiger partial charge in [-0.1, -0.05) is 12.1 Å². The van der Waals surface area contributed by atoms with Crippen LogP contribution < -0.4 is 25.1 Å². The number of hydrogen-bond donors (Lipinski definition) is 1. The molecule has 0 unspecified atom stereocenters. The average Bonchev–Trinajstić information content (AvgIpc) is 2.94. The number of para-hydroxylation sites is 2. The number of esters is 1. The predicted octanol–water partition coefficient (Wildman–Crippen LogP) is 5.10. The second kappa shape index (κ2) is 12.1. The van der Waals surface area contributed by atoms with Crippen LogP contribution in [0.1, 0.15) is 35.5 Å². The van der Waals surface area contributed by atoms with E-state index in [4.69, 9.17) is 23.4 Å². The summed E-state index contributed by atoms with van der Waals surface area (Å²) in [4.78, 5) is 34.2. The van der Waals surface area contributed by atoms with Crippen molar-refractivity contribution in [2.24, 2.45) is 4.99 Å². The van der Waals surface area contributed by atoms with E-state index in [1.54, 1.807) is 56.6 Å². The molecule has 2 heterocycles. The Labute approximate surface area is 225 Å². The van der Waals surface area contributed by atoms with Crippen molar-refractivity contribution in [3.05, 3.63) is 77.1 Å². The average molecular weight is 532 g/mol. The molecule has 0 aliphatic rings. The van der Waals surface area contributed by atoms with Crippen LogP contribution in [-0.2, 0) is 16.1 Å². The molecule has 0 aliphatic heterocycles. The molecule has 2 aromatic heterocycles. The number of benzene rings is 2. The van der Waals surface area contributed by atoms with Gasteiger partial charge >= 0.3 is 5.97 Å². The number of pyridine rings is 1. The van der Waals surface area contributed by atoms with Crippen LogP contribution in [0.2, 0.25) is 0 Å². The van der Waals surface area contributed by atoms with Crippen molar-refractivity contribution in [1.82, 2.24) is 4.98 Å². The van der Waals surface area contributed by atoms with E-state index in [2.05, 4.69) is 15.3 Å². The van der Waals surface area contributed by atoms with Crippen molar-refractivity contribution in [3.63, 3.8) is 0 Å². The van der Waals surface area contributed by atoms with Crippen LogP contribution in [0.5, 0.6) is 17.2 Å². The topological polar surface area (TPSA) is 121 Å². The molecule has 0 radical (unpaired) electrons. The molecule has 4 aromatic rings. The minimum Gasteiger partial charge on any atom is -0.497 e. The van der Waals surface area contributed by atoms with E-state index in [9.17, 15) is 9.59 Å². The lowest BCUT2D eigenvalue weighted by Gasteiger charge is -2.13. The molecule has 0 bridgehead atoms. The van der Waals surface area contributed by atoms with E-state index in [1.807, 2.05) is 19.1 Å². The first-order valence-corrected chi connectivity index (χ1v) is 12.2. The lowest BCUT2D eigenvalue weighted by atomic mass is 10.1. The van der Waals surface area contributed by atoms with Gasteiger partial charge in [0.1, 0.15) is 35.1 Å². The predicted molar refractivity (Wildman–Crippen MR) is 145 cm³/mol. The van der Waals surface area contributed by atoms with Gasteiger partial charge in [0.15, 0.2) is 5.58 Å². The molecule has 202 valence electrons. The first kappa shape index (κ1) is 27.2. The minimum atomic E-state index is -0.496. The number of fused-ring (bicyclic) bond motifs is 1. The Morgan fingerprint density at radius 1 is 1.05 bits per heavy atom. The van der Waals surface area contributed by atoms with Crippen molar-refractivity contribution in [1.29, 1.82) is 0 Å². The Kier molecular flexibility index (Phi) is 8.45. The van der Waals surface area contributed by atoms with Crippen molar-refractivity contribution >= 4 is 34.2 Å². The van der Waals surface area contributed by atoms with E-state index in [-0.39, 0.29) is 17.7 Å². The Balaban J connectivity index is 1.92. The molecular weight excluding hydrogens is 502 g/mol. The maximum atomic E-state index is 13.7. The summed E-state index contributed by atoms with van der Waals surface area (Å²) < 4.78 is 27.8. The van der Waals surface area contributed by atoms with Gasteiger partial charge in [-0.3, -0.25) is 14.6 Å². The smallest absolute Gasteiger partial charge is 0.302 e. The van der Waals surface area contributed by atoms with Gasteiger partial charge in [-0.15, -0.1) is 0 Å². The van der Waals surface area contributed by atoms with Gasteiger partial charge in [-0.2, -0.15) is 0 Å². The number of carbonyl (C=O) groups is 2.